The average Bonchev–Trinajstić information content (AvgIpc) is 2.40. The van der Waals surface area contributed by atoms with Crippen LogP contribution in [-0.2, 0) is 9.59 Å². The zero-order valence-corrected chi connectivity index (χ0v) is 10.7. The van der Waals surface area contributed by atoms with E-state index in [0.29, 0.717) is 6.54 Å². The highest BCUT2D eigenvalue weighted by atomic mass is 16.5. The maximum Gasteiger partial charge on any atom is 0.312 e. The van der Waals surface area contributed by atoms with Gasteiger partial charge in [-0.1, -0.05) is 12.1 Å². The van der Waals surface area contributed by atoms with E-state index in [1.54, 1.807) is 21.2 Å². The normalized spacial score (nSPS) is 20.3. The zero-order valence-electron chi connectivity index (χ0n) is 10.7. The van der Waals surface area contributed by atoms with Crippen molar-refractivity contribution >= 4 is 11.8 Å². The van der Waals surface area contributed by atoms with Crippen molar-refractivity contribution in [3.63, 3.8) is 0 Å². The molecule has 1 aliphatic rings. The Kier molecular flexibility index (Phi) is 3.23. The van der Waals surface area contributed by atoms with Crippen LogP contribution in [0.4, 0.5) is 0 Å². The van der Waals surface area contributed by atoms with E-state index in [2.05, 4.69) is 0 Å². The minimum atomic E-state index is -0.475. The maximum atomic E-state index is 11.8. The van der Waals surface area contributed by atoms with Crippen molar-refractivity contribution in [2.24, 2.45) is 0 Å². The molecule has 1 fully saturated rings. The van der Waals surface area contributed by atoms with E-state index in [0.717, 1.165) is 11.3 Å². The molecule has 0 bridgehead atoms. The SMILES string of the molecule is COc1cccc(C2CN(C)C(=O)C(=O)N2C)c1. The second kappa shape index (κ2) is 4.68. The van der Waals surface area contributed by atoms with E-state index in [1.807, 2.05) is 24.3 Å². The number of likely N-dealkylation sites (N-methyl/N-ethyl adjacent to an activating group) is 2. The third-order valence-electron chi connectivity index (χ3n) is 3.24. The fraction of sp³-hybridized carbons (Fsp3) is 0.385. The molecule has 18 heavy (non-hydrogen) atoms. The van der Waals surface area contributed by atoms with Gasteiger partial charge in [-0.3, -0.25) is 9.59 Å². The lowest BCUT2D eigenvalue weighted by atomic mass is 10.0. The predicted octanol–water partition coefficient (Wildman–Crippen LogP) is 0.667. The molecular formula is C13H16N2O3. The van der Waals surface area contributed by atoms with Gasteiger partial charge in [0.1, 0.15) is 5.75 Å². The lowest BCUT2D eigenvalue weighted by Gasteiger charge is -2.37. The van der Waals surface area contributed by atoms with Crippen LogP contribution in [0.2, 0.25) is 0 Å². The maximum absolute atomic E-state index is 11.8. The van der Waals surface area contributed by atoms with Gasteiger partial charge in [0, 0.05) is 20.6 Å². The van der Waals surface area contributed by atoms with Crippen LogP contribution in [0.25, 0.3) is 0 Å². The topological polar surface area (TPSA) is 49.9 Å². The summed E-state index contributed by atoms with van der Waals surface area (Å²) in [6.45, 7) is 0.494. The molecule has 0 spiro atoms. The van der Waals surface area contributed by atoms with Crippen molar-refractivity contribution in [1.29, 1.82) is 0 Å². The second-order valence-electron chi connectivity index (χ2n) is 4.39. The highest BCUT2D eigenvalue weighted by Crippen LogP contribution is 2.27. The summed E-state index contributed by atoms with van der Waals surface area (Å²) in [5.74, 6) is -0.193. The molecule has 1 aromatic rings. The standard InChI is InChI=1S/C13H16N2O3/c1-14-8-11(15(2)13(17)12(14)16)9-5-4-6-10(7-9)18-3/h4-7,11H,8H2,1-3H3. The smallest absolute Gasteiger partial charge is 0.312 e. The number of rotatable bonds is 2. The molecule has 2 rings (SSSR count). The van der Waals surface area contributed by atoms with E-state index >= 15 is 0 Å². The number of piperazine rings is 1. The zero-order chi connectivity index (χ0) is 13.3. The van der Waals surface area contributed by atoms with E-state index in [1.165, 1.54) is 9.80 Å². The summed E-state index contributed by atoms with van der Waals surface area (Å²) in [5, 5.41) is 0. The number of hydrogen-bond donors (Lipinski definition) is 0. The summed E-state index contributed by atoms with van der Waals surface area (Å²) < 4.78 is 5.17. The molecule has 0 aromatic heterocycles. The molecule has 1 unspecified atom stereocenters. The van der Waals surface area contributed by atoms with Crippen LogP contribution >= 0.6 is 0 Å². The molecule has 1 atom stereocenters. The largest absolute Gasteiger partial charge is 0.497 e. The molecule has 1 saturated heterocycles. The van der Waals surface area contributed by atoms with Crippen molar-refractivity contribution in [2.75, 3.05) is 27.7 Å². The molecule has 5 nitrogen and oxygen atoms in total. The Hall–Kier alpha value is -2.04. The first-order valence-electron chi connectivity index (χ1n) is 5.70. The molecule has 0 saturated carbocycles. The van der Waals surface area contributed by atoms with E-state index in [9.17, 15) is 9.59 Å². The lowest BCUT2D eigenvalue weighted by molar-refractivity contribution is -0.156. The van der Waals surface area contributed by atoms with Gasteiger partial charge in [-0.05, 0) is 17.7 Å². The number of methoxy groups -OCH3 is 1. The molecule has 0 radical (unpaired) electrons. The van der Waals surface area contributed by atoms with E-state index < -0.39 is 11.8 Å². The van der Waals surface area contributed by atoms with Gasteiger partial charge in [0.2, 0.25) is 0 Å². The van der Waals surface area contributed by atoms with Crippen molar-refractivity contribution < 1.29 is 14.3 Å². The average molecular weight is 248 g/mol. The van der Waals surface area contributed by atoms with Crippen molar-refractivity contribution in [3.05, 3.63) is 29.8 Å². The quantitative estimate of drug-likeness (QED) is 0.723. The van der Waals surface area contributed by atoms with Gasteiger partial charge >= 0.3 is 11.8 Å². The van der Waals surface area contributed by atoms with Crippen LogP contribution in [-0.4, -0.2) is 49.4 Å². The minimum Gasteiger partial charge on any atom is -0.497 e. The lowest BCUT2D eigenvalue weighted by Crippen LogP contribution is -2.52. The Morgan fingerprint density at radius 1 is 1.22 bits per heavy atom. The molecular weight excluding hydrogens is 232 g/mol. The van der Waals surface area contributed by atoms with Crippen molar-refractivity contribution in [3.8, 4) is 5.75 Å². The first-order valence-corrected chi connectivity index (χ1v) is 5.70. The molecule has 96 valence electrons. The van der Waals surface area contributed by atoms with Crippen LogP contribution < -0.4 is 4.74 Å². The fourth-order valence-corrected chi connectivity index (χ4v) is 2.10. The fourth-order valence-electron chi connectivity index (χ4n) is 2.10. The third-order valence-corrected chi connectivity index (χ3v) is 3.24. The Morgan fingerprint density at radius 2 is 1.94 bits per heavy atom. The van der Waals surface area contributed by atoms with E-state index in [-0.39, 0.29) is 6.04 Å². The Labute approximate surface area is 106 Å². The third kappa shape index (κ3) is 2.03. The summed E-state index contributed by atoms with van der Waals surface area (Å²) in [6.07, 6.45) is 0. The first-order chi connectivity index (χ1) is 8.54. The number of carbonyl (C=O) groups excluding carboxylic acids is 2. The Bertz CT molecular complexity index is 487. The number of amides is 2. The van der Waals surface area contributed by atoms with Crippen LogP contribution in [0.5, 0.6) is 5.75 Å². The summed E-state index contributed by atoms with van der Waals surface area (Å²) in [4.78, 5) is 26.3. The molecule has 1 heterocycles. The highest BCUT2D eigenvalue weighted by molar-refractivity contribution is 6.35. The number of benzene rings is 1. The molecule has 0 N–H and O–H groups in total. The van der Waals surface area contributed by atoms with Crippen molar-refractivity contribution in [1.82, 2.24) is 9.80 Å². The number of carbonyl (C=O) groups is 2. The monoisotopic (exact) mass is 248 g/mol. The summed E-state index contributed by atoms with van der Waals surface area (Å²) in [7, 11) is 4.89. The predicted molar refractivity (Wildman–Crippen MR) is 66.1 cm³/mol. The van der Waals surface area contributed by atoms with Crippen LogP contribution in [0.15, 0.2) is 24.3 Å². The molecule has 1 aliphatic heterocycles. The van der Waals surface area contributed by atoms with Gasteiger partial charge < -0.3 is 14.5 Å². The Morgan fingerprint density at radius 3 is 2.61 bits per heavy atom. The number of ether oxygens (including phenoxy) is 1. The molecule has 0 aliphatic carbocycles. The van der Waals surface area contributed by atoms with Crippen molar-refractivity contribution in [2.45, 2.75) is 6.04 Å². The summed E-state index contributed by atoms with van der Waals surface area (Å²) >= 11 is 0. The molecule has 5 heteroatoms. The molecule has 1 aromatic carbocycles. The van der Waals surface area contributed by atoms with Gasteiger partial charge in [0.15, 0.2) is 0 Å². The van der Waals surface area contributed by atoms with E-state index in [4.69, 9.17) is 4.74 Å². The number of nitrogens with zero attached hydrogens (tertiary/aromatic N) is 2. The van der Waals surface area contributed by atoms with Crippen LogP contribution in [0.3, 0.4) is 0 Å². The van der Waals surface area contributed by atoms with Crippen LogP contribution in [0, 0.1) is 0 Å². The highest BCUT2D eigenvalue weighted by Gasteiger charge is 2.35. The summed E-state index contributed by atoms with van der Waals surface area (Å²) in [6, 6.07) is 7.42. The molecule has 2 amide bonds. The van der Waals surface area contributed by atoms with Gasteiger partial charge in [0.25, 0.3) is 0 Å². The second-order valence-corrected chi connectivity index (χ2v) is 4.39. The van der Waals surface area contributed by atoms with Gasteiger partial charge in [-0.25, -0.2) is 0 Å². The Balaban J connectivity index is 2.32. The summed E-state index contributed by atoms with van der Waals surface area (Å²) in [5.41, 5.74) is 0.963. The minimum absolute atomic E-state index is 0.129. The number of hydrogen-bond acceptors (Lipinski definition) is 3. The van der Waals surface area contributed by atoms with Gasteiger partial charge in [0.05, 0.1) is 13.2 Å². The van der Waals surface area contributed by atoms with Gasteiger partial charge in [-0.2, -0.15) is 0 Å². The van der Waals surface area contributed by atoms with Gasteiger partial charge in [-0.15, -0.1) is 0 Å². The van der Waals surface area contributed by atoms with Crippen LogP contribution in [0.1, 0.15) is 11.6 Å². The first kappa shape index (κ1) is 12.4.